The van der Waals surface area contributed by atoms with Crippen LogP contribution in [0.4, 0.5) is 0 Å². The molecule has 98 valence electrons. The standard InChI is InChI=1S/C13H18N2O2S/c16-18(17,12-4-2-1-3-5-12)15-9-7-13-11(10-15)6-8-14-13/h1-5,11,13-14H,6-10H2. The van der Waals surface area contributed by atoms with Crippen LogP contribution in [-0.4, -0.2) is 38.4 Å². The highest BCUT2D eigenvalue weighted by Gasteiger charge is 2.37. The zero-order valence-corrected chi connectivity index (χ0v) is 11.1. The molecule has 4 nitrogen and oxygen atoms in total. The summed E-state index contributed by atoms with van der Waals surface area (Å²) in [6.07, 6.45) is 2.02. The second-order valence-electron chi connectivity index (χ2n) is 5.07. The molecule has 18 heavy (non-hydrogen) atoms. The summed E-state index contributed by atoms with van der Waals surface area (Å²) in [5, 5.41) is 3.45. The largest absolute Gasteiger partial charge is 0.314 e. The Kier molecular flexibility index (Phi) is 3.13. The van der Waals surface area contributed by atoms with Crippen molar-refractivity contribution < 1.29 is 8.42 Å². The van der Waals surface area contributed by atoms with E-state index in [0.717, 1.165) is 19.4 Å². The van der Waals surface area contributed by atoms with Crippen molar-refractivity contribution in [1.82, 2.24) is 9.62 Å². The second-order valence-corrected chi connectivity index (χ2v) is 7.01. The van der Waals surface area contributed by atoms with Gasteiger partial charge in [0.1, 0.15) is 0 Å². The molecule has 0 aliphatic carbocycles. The number of hydrogen-bond acceptors (Lipinski definition) is 3. The first-order chi connectivity index (χ1) is 8.68. The first-order valence-electron chi connectivity index (χ1n) is 6.46. The molecule has 1 aromatic rings. The fourth-order valence-electron chi connectivity index (χ4n) is 2.97. The van der Waals surface area contributed by atoms with Gasteiger partial charge in [0.05, 0.1) is 4.90 Å². The van der Waals surface area contributed by atoms with E-state index < -0.39 is 10.0 Å². The fraction of sp³-hybridized carbons (Fsp3) is 0.538. The van der Waals surface area contributed by atoms with E-state index in [0.29, 0.717) is 29.9 Å². The molecule has 5 heteroatoms. The average Bonchev–Trinajstić information content (AvgIpc) is 2.87. The molecule has 2 heterocycles. The lowest BCUT2D eigenvalue weighted by molar-refractivity contribution is 0.247. The molecular formula is C13H18N2O2S. The Hall–Kier alpha value is -0.910. The van der Waals surface area contributed by atoms with Crippen molar-refractivity contribution in [2.75, 3.05) is 19.6 Å². The normalized spacial score (nSPS) is 29.1. The summed E-state index contributed by atoms with van der Waals surface area (Å²) in [7, 11) is -3.30. The lowest BCUT2D eigenvalue weighted by Gasteiger charge is -2.33. The summed E-state index contributed by atoms with van der Waals surface area (Å²) in [6, 6.07) is 9.26. The van der Waals surface area contributed by atoms with Gasteiger partial charge in [0.15, 0.2) is 0 Å². The van der Waals surface area contributed by atoms with Gasteiger partial charge in [-0.2, -0.15) is 4.31 Å². The summed E-state index contributed by atoms with van der Waals surface area (Å²) in [5.41, 5.74) is 0. The Morgan fingerprint density at radius 1 is 1.17 bits per heavy atom. The van der Waals surface area contributed by atoms with E-state index in [9.17, 15) is 8.42 Å². The van der Waals surface area contributed by atoms with Crippen molar-refractivity contribution in [3.05, 3.63) is 30.3 Å². The summed E-state index contributed by atoms with van der Waals surface area (Å²) < 4.78 is 26.6. The molecule has 2 saturated heterocycles. The summed E-state index contributed by atoms with van der Waals surface area (Å²) in [5.74, 6) is 0.484. The first-order valence-corrected chi connectivity index (χ1v) is 7.90. The molecule has 0 saturated carbocycles. The molecule has 1 N–H and O–H groups in total. The predicted molar refractivity (Wildman–Crippen MR) is 69.7 cm³/mol. The minimum atomic E-state index is -3.30. The van der Waals surface area contributed by atoms with E-state index in [1.807, 2.05) is 6.07 Å². The SMILES string of the molecule is O=S(=O)(c1ccccc1)N1CCC2NCCC2C1. The highest BCUT2D eigenvalue weighted by molar-refractivity contribution is 7.89. The Labute approximate surface area is 108 Å². The molecular weight excluding hydrogens is 248 g/mol. The summed E-state index contributed by atoms with van der Waals surface area (Å²) in [6.45, 7) is 2.31. The topological polar surface area (TPSA) is 49.4 Å². The molecule has 0 amide bonds. The number of rotatable bonds is 2. The van der Waals surface area contributed by atoms with E-state index in [2.05, 4.69) is 5.32 Å². The van der Waals surface area contributed by atoms with E-state index in [1.165, 1.54) is 0 Å². The number of hydrogen-bond donors (Lipinski definition) is 1. The zero-order chi connectivity index (χ0) is 12.6. The third kappa shape index (κ3) is 2.06. The van der Waals surface area contributed by atoms with Crippen LogP contribution >= 0.6 is 0 Å². The minimum Gasteiger partial charge on any atom is -0.314 e. The van der Waals surface area contributed by atoms with Crippen molar-refractivity contribution in [2.24, 2.45) is 5.92 Å². The maximum Gasteiger partial charge on any atom is 0.243 e. The molecule has 0 radical (unpaired) electrons. The molecule has 2 fully saturated rings. The van der Waals surface area contributed by atoms with Crippen LogP contribution < -0.4 is 5.32 Å². The van der Waals surface area contributed by atoms with Crippen LogP contribution in [0.25, 0.3) is 0 Å². The number of piperidine rings is 1. The van der Waals surface area contributed by atoms with E-state index >= 15 is 0 Å². The monoisotopic (exact) mass is 266 g/mol. The van der Waals surface area contributed by atoms with Gasteiger partial charge in [0, 0.05) is 19.1 Å². The molecule has 0 bridgehead atoms. The number of benzene rings is 1. The van der Waals surface area contributed by atoms with Crippen molar-refractivity contribution in [3.63, 3.8) is 0 Å². The van der Waals surface area contributed by atoms with Crippen LogP contribution in [0.5, 0.6) is 0 Å². The Morgan fingerprint density at radius 2 is 1.94 bits per heavy atom. The highest BCUT2D eigenvalue weighted by atomic mass is 32.2. The van der Waals surface area contributed by atoms with Crippen molar-refractivity contribution in [2.45, 2.75) is 23.8 Å². The van der Waals surface area contributed by atoms with Gasteiger partial charge < -0.3 is 5.32 Å². The Bertz CT molecular complexity index is 515. The maximum absolute atomic E-state index is 12.5. The van der Waals surface area contributed by atoms with Gasteiger partial charge in [-0.25, -0.2) is 8.42 Å². The van der Waals surface area contributed by atoms with Gasteiger partial charge in [-0.3, -0.25) is 0 Å². The number of fused-ring (bicyclic) bond motifs is 1. The molecule has 2 unspecified atom stereocenters. The van der Waals surface area contributed by atoms with Crippen molar-refractivity contribution in [3.8, 4) is 0 Å². The van der Waals surface area contributed by atoms with E-state index in [1.54, 1.807) is 28.6 Å². The van der Waals surface area contributed by atoms with Crippen LogP contribution in [0.1, 0.15) is 12.8 Å². The number of nitrogens with one attached hydrogen (secondary N) is 1. The van der Waals surface area contributed by atoms with Crippen LogP contribution in [0.3, 0.4) is 0 Å². The van der Waals surface area contributed by atoms with Crippen molar-refractivity contribution >= 4 is 10.0 Å². The fourth-order valence-corrected chi connectivity index (χ4v) is 4.51. The Morgan fingerprint density at radius 3 is 2.72 bits per heavy atom. The van der Waals surface area contributed by atoms with Gasteiger partial charge in [0.2, 0.25) is 10.0 Å². The first kappa shape index (κ1) is 12.1. The highest BCUT2D eigenvalue weighted by Crippen LogP contribution is 2.28. The molecule has 2 aliphatic heterocycles. The molecule has 2 aliphatic rings. The van der Waals surface area contributed by atoms with E-state index in [-0.39, 0.29) is 0 Å². The summed E-state index contributed by atoms with van der Waals surface area (Å²) >= 11 is 0. The van der Waals surface area contributed by atoms with Crippen LogP contribution in [0.2, 0.25) is 0 Å². The number of nitrogens with zero attached hydrogens (tertiary/aromatic N) is 1. The van der Waals surface area contributed by atoms with Gasteiger partial charge in [-0.1, -0.05) is 18.2 Å². The molecule has 0 spiro atoms. The summed E-state index contributed by atoms with van der Waals surface area (Å²) in [4.78, 5) is 0.411. The molecule has 2 atom stereocenters. The van der Waals surface area contributed by atoms with Gasteiger partial charge >= 0.3 is 0 Å². The average molecular weight is 266 g/mol. The predicted octanol–water partition coefficient (Wildman–Crippen LogP) is 1.06. The third-order valence-electron chi connectivity index (χ3n) is 4.00. The maximum atomic E-state index is 12.5. The van der Waals surface area contributed by atoms with Crippen molar-refractivity contribution in [1.29, 1.82) is 0 Å². The zero-order valence-electron chi connectivity index (χ0n) is 10.2. The molecule has 3 rings (SSSR count). The van der Waals surface area contributed by atoms with Gasteiger partial charge in [-0.05, 0) is 37.4 Å². The van der Waals surface area contributed by atoms with Gasteiger partial charge in [-0.15, -0.1) is 0 Å². The number of sulfonamides is 1. The van der Waals surface area contributed by atoms with Crippen LogP contribution in [0.15, 0.2) is 35.2 Å². The lowest BCUT2D eigenvalue weighted by atomic mass is 9.95. The minimum absolute atomic E-state index is 0.411. The second kappa shape index (κ2) is 4.64. The lowest BCUT2D eigenvalue weighted by Crippen LogP contribution is -2.46. The van der Waals surface area contributed by atoms with Gasteiger partial charge in [0.25, 0.3) is 0 Å². The smallest absolute Gasteiger partial charge is 0.243 e. The van der Waals surface area contributed by atoms with Crippen LogP contribution in [0, 0.1) is 5.92 Å². The Balaban J connectivity index is 1.82. The third-order valence-corrected chi connectivity index (χ3v) is 5.88. The van der Waals surface area contributed by atoms with E-state index in [4.69, 9.17) is 0 Å². The quantitative estimate of drug-likeness (QED) is 0.871. The molecule has 0 aromatic heterocycles. The van der Waals surface area contributed by atoms with Crippen LogP contribution in [-0.2, 0) is 10.0 Å². The molecule has 1 aromatic carbocycles.